The number of hydrogen-bond donors (Lipinski definition) is 3. The van der Waals surface area contributed by atoms with Gasteiger partial charge in [-0.3, -0.25) is 5.32 Å². The summed E-state index contributed by atoms with van der Waals surface area (Å²) in [5.74, 6) is -0.517. The predicted octanol–water partition coefficient (Wildman–Crippen LogP) is 4.11. The SMILES string of the molecule is CC(C)(C)OC(=O)Nc1cc(NCc2ccc[nH]2)ccc1F. The maximum atomic E-state index is 13.8. The quantitative estimate of drug-likeness (QED) is 0.796. The van der Waals surface area contributed by atoms with Gasteiger partial charge < -0.3 is 15.0 Å². The molecule has 0 saturated carbocycles. The molecule has 6 heteroatoms. The first-order valence-electron chi connectivity index (χ1n) is 6.99. The third kappa shape index (κ3) is 4.80. The van der Waals surface area contributed by atoms with E-state index in [1.54, 1.807) is 26.8 Å². The normalized spacial score (nSPS) is 11.1. The maximum absolute atomic E-state index is 13.8. The lowest BCUT2D eigenvalue weighted by molar-refractivity contribution is 0.0635. The molecule has 0 fully saturated rings. The van der Waals surface area contributed by atoms with E-state index >= 15 is 0 Å². The minimum Gasteiger partial charge on any atom is -0.444 e. The first-order chi connectivity index (χ1) is 10.3. The van der Waals surface area contributed by atoms with Crippen LogP contribution in [0.4, 0.5) is 20.6 Å². The molecule has 1 heterocycles. The fraction of sp³-hybridized carbons (Fsp3) is 0.312. The number of benzene rings is 1. The van der Waals surface area contributed by atoms with Gasteiger partial charge in [0, 0.05) is 17.6 Å². The molecule has 0 aliphatic rings. The molecule has 2 aromatic rings. The van der Waals surface area contributed by atoms with Gasteiger partial charge in [-0.2, -0.15) is 0 Å². The topological polar surface area (TPSA) is 66.2 Å². The number of halogens is 1. The molecular formula is C16H20FN3O2. The number of H-pyrrole nitrogens is 1. The Labute approximate surface area is 128 Å². The molecule has 2 rings (SSSR count). The number of carbonyl (C=O) groups is 1. The Bertz CT molecular complexity index is 633. The van der Waals surface area contributed by atoms with Gasteiger partial charge in [0.15, 0.2) is 0 Å². The van der Waals surface area contributed by atoms with Crippen molar-refractivity contribution in [1.82, 2.24) is 4.98 Å². The second kappa shape index (κ2) is 6.51. The van der Waals surface area contributed by atoms with Gasteiger partial charge in [-0.15, -0.1) is 0 Å². The van der Waals surface area contributed by atoms with E-state index in [1.807, 2.05) is 18.3 Å². The third-order valence-corrected chi connectivity index (χ3v) is 2.75. The van der Waals surface area contributed by atoms with Crippen molar-refractivity contribution in [2.75, 3.05) is 10.6 Å². The number of nitrogens with one attached hydrogen (secondary N) is 3. The van der Waals surface area contributed by atoms with Crippen LogP contribution in [0.25, 0.3) is 0 Å². The average Bonchev–Trinajstić information content (AvgIpc) is 2.90. The van der Waals surface area contributed by atoms with Crippen LogP contribution in [0.15, 0.2) is 36.5 Å². The van der Waals surface area contributed by atoms with Crippen molar-refractivity contribution in [2.45, 2.75) is 32.9 Å². The molecular weight excluding hydrogens is 285 g/mol. The Balaban J connectivity index is 2.01. The van der Waals surface area contributed by atoms with Crippen LogP contribution in [0.3, 0.4) is 0 Å². The van der Waals surface area contributed by atoms with Gasteiger partial charge in [-0.05, 0) is 51.1 Å². The van der Waals surface area contributed by atoms with Crippen LogP contribution < -0.4 is 10.6 Å². The van der Waals surface area contributed by atoms with E-state index in [4.69, 9.17) is 4.74 Å². The van der Waals surface area contributed by atoms with Gasteiger partial charge in [0.25, 0.3) is 0 Å². The van der Waals surface area contributed by atoms with Crippen LogP contribution in [0, 0.1) is 5.82 Å². The Morgan fingerprint density at radius 2 is 2.09 bits per heavy atom. The molecule has 5 nitrogen and oxygen atoms in total. The summed E-state index contributed by atoms with van der Waals surface area (Å²) < 4.78 is 18.9. The van der Waals surface area contributed by atoms with Crippen molar-refractivity contribution >= 4 is 17.5 Å². The summed E-state index contributed by atoms with van der Waals surface area (Å²) in [5, 5.41) is 5.56. The van der Waals surface area contributed by atoms with Crippen molar-refractivity contribution in [1.29, 1.82) is 0 Å². The van der Waals surface area contributed by atoms with Gasteiger partial charge in [-0.25, -0.2) is 9.18 Å². The van der Waals surface area contributed by atoms with Crippen LogP contribution in [-0.2, 0) is 11.3 Å². The number of rotatable bonds is 4. The molecule has 1 aromatic carbocycles. The van der Waals surface area contributed by atoms with E-state index in [0.717, 1.165) is 5.69 Å². The van der Waals surface area contributed by atoms with Gasteiger partial charge in [-0.1, -0.05) is 0 Å². The van der Waals surface area contributed by atoms with Crippen LogP contribution >= 0.6 is 0 Å². The summed E-state index contributed by atoms with van der Waals surface area (Å²) in [5.41, 5.74) is 1.14. The average molecular weight is 305 g/mol. The van der Waals surface area contributed by atoms with Crippen LogP contribution in [-0.4, -0.2) is 16.7 Å². The van der Waals surface area contributed by atoms with E-state index in [-0.39, 0.29) is 5.69 Å². The van der Waals surface area contributed by atoms with Crippen molar-refractivity contribution < 1.29 is 13.9 Å². The molecule has 1 amide bonds. The third-order valence-electron chi connectivity index (χ3n) is 2.75. The van der Waals surface area contributed by atoms with Crippen LogP contribution in [0.2, 0.25) is 0 Å². The number of anilines is 2. The minimum atomic E-state index is -0.687. The number of hydrogen-bond acceptors (Lipinski definition) is 3. The highest BCUT2D eigenvalue weighted by atomic mass is 19.1. The minimum absolute atomic E-state index is 0.0748. The highest BCUT2D eigenvalue weighted by Crippen LogP contribution is 2.21. The fourth-order valence-corrected chi connectivity index (χ4v) is 1.82. The summed E-state index contributed by atoms with van der Waals surface area (Å²) in [4.78, 5) is 14.8. The summed E-state index contributed by atoms with van der Waals surface area (Å²) in [6, 6.07) is 8.28. The highest BCUT2D eigenvalue weighted by molar-refractivity contribution is 5.85. The zero-order valence-corrected chi connectivity index (χ0v) is 12.9. The molecule has 118 valence electrons. The second-order valence-electron chi connectivity index (χ2n) is 5.87. The first kappa shape index (κ1) is 15.9. The summed E-state index contributed by atoms with van der Waals surface area (Å²) in [6.07, 6.45) is 1.14. The zero-order chi connectivity index (χ0) is 16.2. The second-order valence-corrected chi connectivity index (χ2v) is 5.87. The number of amides is 1. The molecule has 0 radical (unpaired) electrons. The Morgan fingerprint density at radius 1 is 1.32 bits per heavy atom. The fourth-order valence-electron chi connectivity index (χ4n) is 1.82. The van der Waals surface area contributed by atoms with Crippen molar-refractivity contribution in [3.63, 3.8) is 0 Å². The molecule has 0 aliphatic carbocycles. The lowest BCUT2D eigenvalue weighted by atomic mass is 10.2. The van der Waals surface area contributed by atoms with Crippen molar-refractivity contribution in [2.24, 2.45) is 0 Å². The number of aromatic nitrogens is 1. The van der Waals surface area contributed by atoms with E-state index in [9.17, 15) is 9.18 Å². The van der Waals surface area contributed by atoms with E-state index in [2.05, 4.69) is 15.6 Å². The van der Waals surface area contributed by atoms with Crippen molar-refractivity contribution in [3.8, 4) is 0 Å². The molecule has 0 spiro atoms. The van der Waals surface area contributed by atoms with E-state index < -0.39 is 17.5 Å². The lowest BCUT2D eigenvalue weighted by Crippen LogP contribution is -2.27. The zero-order valence-electron chi connectivity index (χ0n) is 12.9. The largest absolute Gasteiger partial charge is 0.444 e. The predicted molar refractivity (Wildman–Crippen MR) is 84.4 cm³/mol. The molecule has 0 atom stereocenters. The Kier molecular flexibility index (Phi) is 4.70. The maximum Gasteiger partial charge on any atom is 0.412 e. The number of aromatic amines is 1. The molecule has 1 aromatic heterocycles. The van der Waals surface area contributed by atoms with Gasteiger partial charge in [0.2, 0.25) is 0 Å². The molecule has 0 unspecified atom stereocenters. The monoisotopic (exact) mass is 305 g/mol. The molecule has 22 heavy (non-hydrogen) atoms. The first-order valence-corrected chi connectivity index (χ1v) is 6.99. The van der Waals surface area contributed by atoms with Gasteiger partial charge in [0.1, 0.15) is 11.4 Å². The van der Waals surface area contributed by atoms with E-state index in [0.29, 0.717) is 12.2 Å². The van der Waals surface area contributed by atoms with Crippen LogP contribution in [0.5, 0.6) is 0 Å². The summed E-state index contributed by atoms with van der Waals surface area (Å²) in [7, 11) is 0. The summed E-state index contributed by atoms with van der Waals surface area (Å²) >= 11 is 0. The standard InChI is InChI=1S/C16H20FN3O2/c1-16(2,3)22-15(21)20-14-9-11(6-7-13(14)17)19-10-12-5-4-8-18-12/h4-9,18-19H,10H2,1-3H3,(H,20,21). The molecule has 0 bridgehead atoms. The van der Waals surface area contributed by atoms with Crippen LogP contribution in [0.1, 0.15) is 26.5 Å². The van der Waals surface area contributed by atoms with E-state index in [1.165, 1.54) is 12.1 Å². The van der Waals surface area contributed by atoms with Gasteiger partial charge >= 0.3 is 6.09 Å². The molecule has 0 aliphatic heterocycles. The highest BCUT2D eigenvalue weighted by Gasteiger charge is 2.17. The van der Waals surface area contributed by atoms with Gasteiger partial charge in [0.05, 0.1) is 12.2 Å². The molecule has 3 N–H and O–H groups in total. The molecule has 0 saturated heterocycles. The number of carbonyl (C=O) groups excluding carboxylic acids is 1. The number of ether oxygens (including phenoxy) is 1. The Morgan fingerprint density at radius 3 is 2.73 bits per heavy atom. The lowest BCUT2D eigenvalue weighted by Gasteiger charge is -2.20. The Hall–Kier alpha value is -2.50. The smallest absolute Gasteiger partial charge is 0.412 e. The van der Waals surface area contributed by atoms with Crippen molar-refractivity contribution in [3.05, 3.63) is 48.0 Å². The summed E-state index contributed by atoms with van der Waals surface area (Å²) in [6.45, 7) is 5.82.